The van der Waals surface area contributed by atoms with E-state index in [0.29, 0.717) is 11.6 Å². The van der Waals surface area contributed by atoms with Crippen LogP contribution in [0.25, 0.3) is 0 Å². The van der Waals surface area contributed by atoms with Crippen molar-refractivity contribution in [3.8, 4) is 0 Å². The molecule has 6 heteroatoms. The molecule has 1 aliphatic heterocycles. The SMILES string of the molecule is CN1CCc2c(N)nc(CC(N)=O)nc21. The van der Waals surface area contributed by atoms with Gasteiger partial charge in [-0.3, -0.25) is 4.79 Å². The van der Waals surface area contributed by atoms with E-state index in [0.717, 1.165) is 24.3 Å². The van der Waals surface area contributed by atoms with E-state index in [2.05, 4.69) is 9.97 Å². The zero-order valence-corrected chi connectivity index (χ0v) is 8.53. The summed E-state index contributed by atoms with van der Waals surface area (Å²) < 4.78 is 0. The highest BCUT2D eigenvalue weighted by Gasteiger charge is 2.22. The summed E-state index contributed by atoms with van der Waals surface area (Å²) in [6.45, 7) is 0.883. The molecule has 1 amide bonds. The van der Waals surface area contributed by atoms with Gasteiger partial charge in [-0.15, -0.1) is 0 Å². The van der Waals surface area contributed by atoms with Gasteiger partial charge in [-0.05, 0) is 6.42 Å². The molecule has 4 N–H and O–H groups in total. The third-order valence-corrected chi connectivity index (χ3v) is 2.45. The molecule has 1 aliphatic rings. The lowest BCUT2D eigenvalue weighted by Gasteiger charge is -2.11. The predicted octanol–water partition coefficient (Wildman–Crippen LogP) is -0.921. The quantitative estimate of drug-likeness (QED) is 0.653. The Bertz CT molecular complexity index is 417. The summed E-state index contributed by atoms with van der Waals surface area (Å²) in [6.07, 6.45) is 0.889. The molecular formula is C9H13N5O. The number of carbonyl (C=O) groups is 1. The molecule has 0 saturated carbocycles. The van der Waals surface area contributed by atoms with Crippen molar-refractivity contribution in [3.05, 3.63) is 11.4 Å². The van der Waals surface area contributed by atoms with E-state index < -0.39 is 5.91 Å². The molecule has 2 rings (SSSR count). The topological polar surface area (TPSA) is 98.1 Å². The number of nitrogen functional groups attached to an aromatic ring is 1. The number of likely N-dealkylation sites (N-methyl/N-ethyl adjacent to an activating group) is 1. The minimum atomic E-state index is -0.449. The number of fused-ring (bicyclic) bond motifs is 1. The third kappa shape index (κ3) is 1.70. The largest absolute Gasteiger partial charge is 0.383 e. The Morgan fingerprint density at radius 1 is 1.53 bits per heavy atom. The van der Waals surface area contributed by atoms with E-state index in [1.807, 2.05) is 11.9 Å². The summed E-state index contributed by atoms with van der Waals surface area (Å²) in [7, 11) is 1.94. The maximum atomic E-state index is 10.7. The van der Waals surface area contributed by atoms with Crippen molar-refractivity contribution in [1.29, 1.82) is 0 Å². The highest BCUT2D eigenvalue weighted by Crippen LogP contribution is 2.27. The van der Waals surface area contributed by atoms with Crippen LogP contribution in [0.15, 0.2) is 0 Å². The standard InChI is InChI=1S/C9H13N5O/c1-14-3-2-5-8(11)12-7(4-6(10)15)13-9(5)14/h2-4H2,1H3,(H2,10,15)(H2,11,12,13). The number of nitrogens with two attached hydrogens (primary N) is 2. The molecule has 1 aromatic heterocycles. The Kier molecular flexibility index (Phi) is 2.18. The van der Waals surface area contributed by atoms with E-state index in [4.69, 9.17) is 11.5 Å². The van der Waals surface area contributed by atoms with Crippen molar-refractivity contribution >= 4 is 17.5 Å². The average molecular weight is 207 g/mol. The molecule has 0 aliphatic carbocycles. The number of nitrogens with zero attached hydrogens (tertiary/aromatic N) is 3. The van der Waals surface area contributed by atoms with Crippen molar-refractivity contribution in [2.45, 2.75) is 12.8 Å². The lowest BCUT2D eigenvalue weighted by Crippen LogP contribution is -2.18. The van der Waals surface area contributed by atoms with Crippen molar-refractivity contribution < 1.29 is 4.79 Å². The first-order valence-electron chi connectivity index (χ1n) is 4.72. The first-order valence-corrected chi connectivity index (χ1v) is 4.72. The first-order chi connectivity index (χ1) is 7.08. The fraction of sp³-hybridized carbons (Fsp3) is 0.444. The normalized spacial score (nSPS) is 14.1. The fourth-order valence-electron chi connectivity index (χ4n) is 1.71. The van der Waals surface area contributed by atoms with Crippen LogP contribution in [0.5, 0.6) is 0 Å². The Labute approximate surface area is 87.3 Å². The number of aromatic nitrogens is 2. The van der Waals surface area contributed by atoms with E-state index in [1.54, 1.807) is 0 Å². The number of anilines is 2. The van der Waals surface area contributed by atoms with E-state index in [9.17, 15) is 4.79 Å². The van der Waals surface area contributed by atoms with Gasteiger partial charge in [0, 0.05) is 19.2 Å². The van der Waals surface area contributed by atoms with Crippen LogP contribution < -0.4 is 16.4 Å². The summed E-state index contributed by atoms with van der Waals surface area (Å²) in [4.78, 5) is 21.1. The van der Waals surface area contributed by atoms with Crippen LogP contribution in [-0.4, -0.2) is 29.5 Å². The zero-order valence-electron chi connectivity index (χ0n) is 8.53. The first kappa shape index (κ1) is 9.70. The molecule has 6 nitrogen and oxygen atoms in total. The number of rotatable bonds is 2. The van der Waals surface area contributed by atoms with Crippen molar-refractivity contribution in [2.75, 3.05) is 24.2 Å². The molecule has 80 valence electrons. The summed E-state index contributed by atoms with van der Waals surface area (Å²) in [5, 5.41) is 0. The van der Waals surface area contributed by atoms with E-state index >= 15 is 0 Å². The van der Waals surface area contributed by atoms with Crippen molar-refractivity contribution in [3.63, 3.8) is 0 Å². The molecule has 0 fully saturated rings. The van der Waals surface area contributed by atoms with Gasteiger partial charge >= 0.3 is 0 Å². The second kappa shape index (κ2) is 3.38. The van der Waals surface area contributed by atoms with Crippen LogP contribution in [0.1, 0.15) is 11.4 Å². The Morgan fingerprint density at radius 3 is 2.93 bits per heavy atom. The number of hydrogen-bond acceptors (Lipinski definition) is 5. The Hall–Kier alpha value is -1.85. The lowest BCUT2D eigenvalue weighted by molar-refractivity contribution is -0.117. The number of hydrogen-bond donors (Lipinski definition) is 2. The van der Waals surface area contributed by atoms with Crippen LogP contribution in [0.2, 0.25) is 0 Å². The monoisotopic (exact) mass is 207 g/mol. The maximum Gasteiger partial charge on any atom is 0.225 e. The molecule has 0 aromatic carbocycles. The number of amides is 1. The number of primary amides is 1. The highest BCUT2D eigenvalue weighted by molar-refractivity contribution is 5.76. The zero-order chi connectivity index (χ0) is 11.0. The predicted molar refractivity (Wildman–Crippen MR) is 56.3 cm³/mol. The van der Waals surface area contributed by atoms with Crippen molar-refractivity contribution in [2.24, 2.45) is 5.73 Å². The van der Waals surface area contributed by atoms with Gasteiger partial charge in [0.15, 0.2) is 0 Å². The van der Waals surface area contributed by atoms with Crippen LogP contribution in [0, 0.1) is 0 Å². The van der Waals surface area contributed by atoms with Crippen LogP contribution in [-0.2, 0) is 17.6 Å². The van der Waals surface area contributed by atoms with Crippen LogP contribution >= 0.6 is 0 Å². The minimum absolute atomic E-state index is 0.0331. The summed E-state index contributed by atoms with van der Waals surface area (Å²) >= 11 is 0. The number of carbonyl (C=O) groups excluding carboxylic acids is 1. The molecule has 0 saturated heterocycles. The molecule has 0 radical (unpaired) electrons. The van der Waals surface area contributed by atoms with E-state index in [-0.39, 0.29) is 6.42 Å². The van der Waals surface area contributed by atoms with Gasteiger partial charge < -0.3 is 16.4 Å². The highest BCUT2D eigenvalue weighted by atomic mass is 16.1. The van der Waals surface area contributed by atoms with Crippen molar-refractivity contribution in [1.82, 2.24) is 9.97 Å². The summed E-state index contributed by atoms with van der Waals surface area (Å²) in [6, 6.07) is 0. The fourth-order valence-corrected chi connectivity index (χ4v) is 1.71. The Morgan fingerprint density at radius 2 is 2.27 bits per heavy atom. The van der Waals surface area contributed by atoms with E-state index in [1.165, 1.54) is 0 Å². The molecule has 0 atom stereocenters. The maximum absolute atomic E-state index is 10.7. The summed E-state index contributed by atoms with van der Waals surface area (Å²) in [5.41, 5.74) is 11.8. The third-order valence-electron chi connectivity index (χ3n) is 2.45. The second-order valence-electron chi connectivity index (χ2n) is 3.64. The minimum Gasteiger partial charge on any atom is -0.383 e. The summed E-state index contributed by atoms with van der Waals surface area (Å²) in [5.74, 6) is 1.22. The molecule has 2 heterocycles. The molecule has 0 unspecified atom stereocenters. The Balaban J connectivity index is 2.41. The molecule has 1 aromatic rings. The van der Waals surface area contributed by atoms with Gasteiger partial charge in [0.05, 0.1) is 6.42 Å². The smallest absolute Gasteiger partial charge is 0.225 e. The molecule has 15 heavy (non-hydrogen) atoms. The van der Waals surface area contributed by atoms with Crippen LogP contribution in [0.4, 0.5) is 11.6 Å². The lowest BCUT2D eigenvalue weighted by atomic mass is 10.2. The van der Waals surface area contributed by atoms with Gasteiger partial charge in [-0.1, -0.05) is 0 Å². The van der Waals surface area contributed by atoms with Gasteiger partial charge in [-0.25, -0.2) is 9.97 Å². The van der Waals surface area contributed by atoms with Gasteiger partial charge in [0.2, 0.25) is 5.91 Å². The van der Waals surface area contributed by atoms with Crippen LogP contribution in [0.3, 0.4) is 0 Å². The average Bonchev–Trinajstić information content (AvgIpc) is 2.47. The van der Waals surface area contributed by atoms with Gasteiger partial charge in [0.1, 0.15) is 17.5 Å². The second-order valence-corrected chi connectivity index (χ2v) is 3.64. The van der Waals surface area contributed by atoms with Gasteiger partial charge in [-0.2, -0.15) is 0 Å². The molecule has 0 bridgehead atoms. The molecular weight excluding hydrogens is 194 g/mol. The molecule has 0 spiro atoms. The van der Waals surface area contributed by atoms with Gasteiger partial charge in [0.25, 0.3) is 0 Å².